The van der Waals surface area contributed by atoms with Gasteiger partial charge in [0.15, 0.2) is 0 Å². The third-order valence-corrected chi connectivity index (χ3v) is 2.91. The molecule has 0 bridgehead atoms. The number of rotatable bonds is 4. The van der Waals surface area contributed by atoms with Crippen LogP contribution in [0, 0.1) is 11.3 Å². The van der Waals surface area contributed by atoms with Gasteiger partial charge in [-0.3, -0.25) is 0 Å². The lowest BCUT2D eigenvalue weighted by Gasteiger charge is -2.23. The number of aliphatic hydroxyl groups is 1. The Morgan fingerprint density at radius 1 is 1.56 bits per heavy atom. The van der Waals surface area contributed by atoms with Gasteiger partial charge >= 0.3 is 0 Å². The molecule has 0 aliphatic heterocycles. The summed E-state index contributed by atoms with van der Waals surface area (Å²) >= 11 is 3.41. The molecule has 4 heteroatoms. The average molecular weight is 283 g/mol. The minimum absolute atomic E-state index is 0.474. The summed E-state index contributed by atoms with van der Waals surface area (Å²) in [6.07, 6.45) is -0.0324. The highest BCUT2D eigenvalue weighted by Crippen LogP contribution is 2.29. The monoisotopic (exact) mass is 282 g/mol. The Balaban J connectivity index is 3.00. The molecule has 1 N–H and O–H groups in total. The van der Waals surface area contributed by atoms with Gasteiger partial charge in [0, 0.05) is 29.3 Å². The Morgan fingerprint density at radius 2 is 2.25 bits per heavy atom. The van der Waals surface area contributed by atoms with Crippen LogP contribution in [0.3, 0.4) is 0 Å². The van der Waals surface area contributed by atoms with E-state index in [2.05, 4.69) is 22.0 Å². The molecule has 0 saturated heterocycles. The molecule has 1 aromatic carbocycles. The van der Waals surface area contributed by atoms with Gasteiger partial charge in [-0.05, 0) is 19.1 Å². The van der Waals surface area contributed by atoms with Crippen molar-refractivity contribution in [2.45, 2.75) is 19.4 Å². The fourth-order valence-corrected chi connectivity index (χ4v) is 1.89. The third-order valence-electron chi connectivity index (χ3n) is 2.41. The summed E-state index contributed by atoms with van der Waals surface area (Å²) in [5.41, 5.74) is 1.84. The van der Waals surface area contributed by atoms with Crippen LogP contribution in [-0.2, 0) is 0 Å². The van der Waals surface area contributed by atoms with E-state index in [-0.39, 0.29) is 0 Å². The summed E-state index contributed by atoms with van der Waals surface area (Å²) in [6.45, 7) is 2.40. The summed E-state index contributed by atoms with van der Waals surface area (Å²) in [4.78, 5) is 1.98. The molecule has 0 amide bonds. The van der Waals surface area contributed by atoms with Crippen molar-refractivity contribution in [1.29, 1.82) is 5.26 Å². The zero-order chi connectivity index (χ0) is 12.1. The number of benzene rings is 1. The molecule has 1 aromatic rings. The van der Waals surface area contributed by atoms with Crippen molar-refractivity contribution in [3.05, 3.63) is 28.2 Å². The van der Waals surface area contributed by atoms with Crippen molar-refractivity contribution < 1.29 is 5.11 Å². The van der Waals surface area contributed by atoms with Crippen LogP contribution in [0.5, 0.6) is 0 Å². The number of anilines is 1. The number of hydrogen-bond donors (Lipinski definition) is 1. The van der Waals surface area contributed by atoms with Crippen LogP contribution in [0.25, 0.3) is 0 Å². The maximum atomic E-state index is 9.66. The smallest absolute Gasteiger partial charge is 0.0782 e. The van der Waals surface area contributed by atoms with Crippen LogP contribution in [0.1, 0.15) is 25.0 Å². The first-order valence-corrected chi connectivity index (χ1v) is 5.91. The van der Waals surface area contributed by atoms with Crippen LogP contribution in [0.4, 0.5) is 5.69 Å². The van der Waals surface area contributed by atoms with Gasteiger partial charge in [0.1, 0.15) is 0 Å². The highest BCUT2D eigenvalue weighted by molar-refractivity contribution is 9.10. The van der Waals surface area contributed by atoms with Gasteiger partial charge in [0.05, 0.1) is 18.6 Å². The molecule has 0 fully saturated rings. The van der Waals surface area contributed by atoms with Crippen molar-refractivity contribution in [3.63, 3.8) is 0 Å². The Kier molecular flexibility index (Phi) is 4.78. The zero-order valence-corrected chi connectivity index (χ0v) is 11.0. The number of hydrogen-bond acceptors (Lipinski definition) is 3. The van der Waals surface area contributed by atoms with Crippen LogP contribution >= 0.6 is 15.9 Å². The number of nitriles is 1. The standard InChI is InChI=1S/C12H15BrN2O/c1-9(16)11-5-4-10(13)8-12(11)15(2)7-3-6-14/h4-5,8-9,16H,3,7H2,1-2H3. The van der Waals surface area contributed by atoms with E-state index in [9.17, 15) is 5.11 Å². The molecular formula is C12H15BrN2O. The largest absolute Gasteiger partial charge is 0.389 e. The molecule has 0 heterocycles. The number of nitrogens with zero attached hydrogens (tertiary/aromatic N) is 2. The van der Waals surface area contributed by atoms with E-state index in [0.29, 0.717) is 13.0 Å². The van der Waals surface area contributed by atoms with Gasteiger partial charge in [0.25, 0.3) is 0 Å². The molecule has 1 atom stereocenters. The van der Waals surface area contributed by atoms with E-state index in [4.69, 9.17) is 5.26 Å². The highest BCUT2D eigenvalue weighted by Gasteiger charge is 2.11. The maximum absolute atomic E-state index is 9.66. The fraction of sp³-hybridized carbons (Fsp3) is 0.417. The summed E-state index contributed by atoms with van der Waals surface area (Å²) in [5.74, 6) is 0. The minimum atomic E-state index is -0.507. The maximum Gasteiger partial charge on any atom is 0.0782 e. The van der Waals surface area contributed by atoms with E-state index in [1.165, 1.54) is 0 Å². The van der Waals surface area contributed by atoms with Gasteiger partial charge in [-0.1, -0.05) is 22.0 Å². The summed E-state index contributed by atoms with van der Waals surface area (Å²) in [6, 6.07) is 7.88. The van der Waals surface area contributed by atoms with Gasteiger partial charge in [-0.2, -0.15) is 5.26 Å². The van der Waals surface area contributed by atoms with Gasteiger partial charge in [0.2, 0.25) is 0 Å². The first-order chi connectivity index (χ1) is 7.56. The Bertz CT molecular complexity index is 398. The predicted molar refractivity (Wildman–Crippen MR) is 68.3 cm³/mol. The van der Waals surface area contributed by atoms with Crippen LogP contribution < -0.4 is 4.90 Å². The highest BCUT2D eigenvalue weighted by atomic mass is 79.9. The molecule has 0 aliphatic carbocycles. The molecule has 16 heavy (non-hydrogen) atoms. The van der Waals surface area contributed by atoms with E-state index in [0.717, 1.165) is 15.7 Å². The molecule has 0 aliphatic rings. The van der Waals surface area contributed by atoms with E-state index in [1.54, 1.807) is 6.92 Å². The Morgan fingerprint density at radius 3 is 2.81 bits per heavy atom. The van der Waals surface area contributed by atoms with E-state index in [1.807, 2.05) is 30.1 Å². The second-order valence-electron chi connectivity index (χ2n) is 3.71. The quantitative estimate of drug-likeness (QED) is 0.924. The van der Waals surface area contributed by atoms with Crippen LogP contribution in [0.15, 0.2) is 22.7 Å². The van der Waals surface area contributed by atoms with Crippen molar-refractivity contribution >= 4 is 21.6 Å². The summed E-state index contributed by atoms with van der Waals surface area (Å²) < 4.78 is 0.968. The molecule has 0 aromatic heterocycles. The van der Waals surface area contributed by atoms with Gasteiger partial charge in [-0.15, -0.1) is 0 Å². The van der Waals surface area contributed by atoms with Crippen LogP contribution in [0.2, 0.25) is 0 Å². The molecule has 0 saturated carbocycles. The van der Waals surface area contributed by atoms with E-state index < -0.39 is 6.10 Å². The van der Waals surface area contributed by atoms with E-state index >= 15 is 0 Å². The lowest BCUT2D eigenvalue weighted by Crippen LogP contribution is -2.20. The molecule has 0 radical (unpaired) electrons. The SMILES string of the molecule is CC(O)c1ccc(Br)cc1N(C)CCC#N. The summed E-state index contributed by atoms with van der Waals surface area (Å²) in [5, 5.41) is 18.2. The molecule has 0 spiro atoms. The van der Waals surface area contributed by atoms with Crippen molar-refractivity contribution in [1.82, 2.24) is 0 Å². The predicted octanol–water partition coefficient (Wildman–Crippen LogP) is 2.85. The first-order valence-electron chi connectivity index (χ1n) is 5.12. The van der Waals surface area contributed by atoms with Crippen molar-refractivity contribution in [2.75, 3.05) is 18.5 Å². The van der Waals surface area contributed by atoms with Gasteiger partial charge < -0.3 is 10.0 Å². The molecular weight excluding hydrogens is 268 g/mol. The minimum Gasteiger partial charge on any atom is -0.389 e. The Hall–Kier alpha value is -1.05. The summed E-state index contributed by atoms with van der Waals surface area (Å²) in [7, 11) is 1.92. The normalized spacial score (nSPS) is 11.9. The zero-order valence-electron chi connectivity index (χ0n) is 9.44. The number of halogens is 1. The third kappa shape index (κ3) is 3.22. The van der Waals surface area contributed by atoms with Crippen molar-refractivity contribution in [2.24, 2.45) is 0 Å². The number of aliphatic hydroxyl groups excluding tert-OH is 1. The topological polar surface area (TPSA) is 47.3 Å². The average Bonchev–Trinajstić information content (AvgIpc) is 2.25. The lowest BCUT2D eigenvalue weighted by atomic mass is 10.1. The lowest BCUT2D eigenvalue weighted by molar-refractivity contribution is 0.199. The molecule has 3 nitrogen and oxygen atoms in total. The molecule has 86 valence electrons. The second kappa shape index (κ2) is 5.88. The molecule has 1 rings (SSSR count). The van der Waals surface area contributed by atoms with Crippen molar-refractivity contribution in [3.8, 4) is 6.07 Å². The second-order valence-corrected chi connectivity index (χ2v) is 4.62. The Labute approximate surface area is 104 Å². The van der Waals surface area contributed by atoms with Crippen LogP contribution in [-0.4, -0.2) is 18.7 Å². The molecule has 1 unspecified atom stereocenters. The fourth-order valence-electron chi connectivity index (χ4n) is 1.54. The first kappa shape index (κ1) is 13.0. The van der Waals surface area contributed by atoms with Gasteiger partial charge in [-0.25, -0.2) is 0 Å².